The average Bonchev–Trinajstić information content (AvgIpc) is 3.40. The smallest absolute Gasteiger partial charge is 0.352 e. The van der Waals surface area contributed by atoms with Crippen molar-refractivity contribution < 1.29 is 33.3 Å². The summed E-state index contributed by atoms with van der Waals surface area (Å²) in [5.74, 6) is 1.43. The van der Waals surface area contributed by atoms with E-state index in [-0.39, 0.29) is 18.6 Å². The van der Waals surface area contributed by atoms with Crippen LogP contribution in [0.15, 0.2) is 29.6 Å². The Bertz CT molecular complexity index is 1270. The largest absolute Gasteiger partial charge is 0.493 e. The summed E-state index contributed by atoms with van der Waals surface area (Å²) >= 11 is 1.15. The van der Waals surface area contributed by atoms with Gasteiger partial charge < -0.3 is 33.4 Å². The molecule has 1 N–H and O–H groups in total. The van der Waals surface area contributed by atoms with Crippen LogP contribution in [-0.2, 0) is 20.7 Å². The number of rotatable bonds is 13. The van der Waals surface area contributed by atoms with Gasteiger partial charge in [-0.2, -0.15) is 15.0 Å². The van der Waals surface area contributed by atoms with E-state index >= 15 is 0 Å². The molecule has 0 amide bonds. The molecule has 0 radical (unpaired) electrons. The third-order valence-electron chi connectivity index (χ3n) is 5.26. The number of anilines is 3. The van der Waals surface area contributed by atoms with Crippen LogP contribution in [0.4, 0.5) is 17.0 Å². The van der Waals surface area contributed by atoms with Crippen molar-refractivity contribution in [1.82, 2.24) is 19.9 Å². The molecule has 2 aromatic heterocycles. The fourth-order valence-electron chi connectivity index (χ4n) is 3.42. The zero-order valence-electron chi connectivity index (χ0n) is 21.8. The Hall–Kier alpha value is -4.24. The lowest BCUT2D eigenvalue weighted by Gasteiger charge is -2.26. The number of thiazole rings is 1. The summed E-state index contributed by atoms with van der Waals surface area (Å²) < 4.78 is 26.8. The molecule has 14 nitrogen and oxygen atoms in total. The van der Waals surface area contributed by atoms with E-state index in [0.717, 1.165) is 23.1 Å². The number of esters is 1. The number of oxime groups is 1. The van der Waals surface area contributed by atoms with Crippen LogP contribution < -0.4 is 29.3 Å². The second kappa shape index (κ2) is 14.1. The highest BCUT2D eigenvalue weighted by Gasteiger charge is 2.18. The van der Waals surface area contributed by atoms with Crippen molar-refractivity contribution in [3.63, 3.8) is 0 Å². The van der Waals surface area contributed by atoms with Gasteiger partial charge in [-0.3, -0.25) is 5.32 Å². The third kappa shape index (κ3) is 8.12. The molecule has 4 rings (SSSR count). The summed E-state index contributed by atoms with van der Waals surface area (Å²) in [4.78, 5) is 36.2. The van der Waals surface area contributed by atoms with E-state index in [9.17, 15) is 4.79 Å². The third-order valence-corrected chi connectivity index (χ3v) is 6.04. The highest BCUT2D eigenvalue weighted by atomic mass is 32.1. The molecule has 0 atom stereocenters. The summed E-state index contributed by atoms with van der Waals surface area (Å²) in [5, 5.41) is 7.45. The van der Waals surface area contributed by atoms with E-state index in [4.69, 9.17) is 28.5 Å². The number of ether oxygens (including phenoxy) is 5. The number of carbonyl (C=O) groups excluding carboxylic acids is 1. The molecule has 3 heterocycles. The standard InChI is InChI=1S/C24H29N7O7S/c1-4-36-19(32)14-26-38-20-15-25-24(39-20)29-21-27-22(31-8-11-35-12-9-31)30-23(28-21)37-10-7-16-5-6-17(33-2)18(13-16)34-3/h5-6,13-15H,4,7-12H2,1-3H3,(H,25,27,28,29,30). The van der Waals surface area contributed by atoms with E-state index < -0.39 is 5.97 Å². The molecule has 3 aromatic rings. The van der Waals surface area contributed by atoms with E-state index in [2.05, 4.69) is 30.4 Å². The van der Waals surface area contributed by atoms with Gasteiger partial charge >= 0.3 is 12.0 Å². The molecule has 0 bridgehead atoms. The van der Waals surface area contributed by atoms with Gasteiger partial charge in [-0.25, -0.2) is 9.78 Å². The number of hydrogen-bond donors (Lipinski definition) is 1. The van der Waals surface area contributed by atoms with Crippen molar-refractivity contribution in [1.29, 1.82) is 0 Å². The fourth-order valence-corrected chi connectivity index (χ4v) is 4.05. The van der Waals surface area contributed by atoms with Crippen LogP contribution in [0.2, 0.25) is 0 Å². The highest BCUT2D eigenvalue weighted by molar-refractivity contribution is 7.17. The topological polar surface area (TPSA) is 152 Å². The van der Waals surface area contributed by atoms with Gasteiger partial charge in [0.1, 0.15) is 0 Å². The Morgan fingerprint density at radius 2 is 2.00 bits per heavy atom. The molecular weight excluding hydrogens is 530 g/mol. The Balaban J connectivity index is 1.44. The lowest BCUT2D eigenvalue weighted by atomic mass is 10.1. The molecule has 0 aliphatic carbocycles. The molecule has 0 unspecified atom stereocenters. The van der Waals surface area contributed by atoms with Crippen molar-refractivity contribution in [3.05, 3.63) is 30.0 Å². The number of methoxy groups -OCH3 is 2. The average molecular weight is 560 g/mol. The first-order valence-corrected chi connectivity index (χ1v) is 12.9. The highest BCUT2D eigenvalue weighted by Crippen LogP contribution is 2.29. The lowest BCUT2D eigenvalue weighted by Crippen LogP contribution is -2.37. The maximum absolute atomic E-state index is 11.4. The lowest BCUT2D eigenvalue weighted by molar-refractivity contribution is -0.134. The van der Waals surface area contributed by atoms with Crippen molar-refractivity contribution in [3.8, 4) is 22.6 Å². The summed E-state index contributed by atoms with van der Waals surface area (Å²) in [6.45, 7) is 4.71. The molecule has 0 spiro atoms. The number of nitrogens with zero attached hydrogens (tertiary/aromatic N) is 6. The van der Waals surface area contributed by atoms with Gasteiger partial charge in [0.2, 0.25) is 17.0 Å². The maximum Gasteiger partial charge on any atom is 0.352 e. The van der Waals surface area contributed by atoms with Crippen molar-refractivity contribution >= 4 is 40.5 Å². The second-order valence-electron chi connectivity index (χ2n) is 7.82. The first-order valence-electron chi connectivity index (χ1n) is 12.1. The fraction of sp³-hybridized carbons (Fsp3) is 0.417. The number of aromatic nitrogens is 4. The quantitative estimate of drug-likeness (QED) is 0.186. The van der Waals surface area contributed by atoms with Gasteiger partial charge in [0, 0.05) is 19.5 Å². The molecule has 1 aromatic carbocycles. The van der Waals surface area contributed by atoms with E-state index in [0.29, 0.717) is 67.0 Å². The molecule has 1 fully saturated rings. The van der Waals surface area contributed by atoms with Crippen LogP contribution in [0.1, 0.15) is 12.5 Å². The Labute approximate surface area is 228 Å². The van der Waals surface area contributed by atoms with Crippen LogP contribution in [0.5, 0.6) is 22.6 Å². The zero-order chi connectivity index (χ0) is 27.5. The molecule has 15 heteroatoms. The molecule has 208 valence electrons. The number of benzene rings is 1. The van der Waals surface area contributed by atoms with Gasteiger partial charge in [-0.15, -0.1) is 0 Å². The first-order chi connectivity index (χ1) is 19.1. The molecule has 1 saturated heterocycles. The summed E-state index contributed by atoms with van der Waals surface area (Å²) in [6.07, 6.45) is 3.00. The zero-order valence-corrected chi connectivity index (χ0v) is 22.6. The minimum Gasteiger partial charge on any atom is -0.493 e. The number of hydrogen-bond acceptors (Lipinski definition) is 15. The summed E-state index contributed by atoms with van der Waals surface area (Å²) in [6, 6.07) is 5.87. The minimum atomic E-state index is -0.597. The second-order valence-corrected chi connectivity index (χ2v) is 8.81. The van der Waals surface area contributed by atoms with Crippen LogP contribution in [0.25, 0.3) is 0 Å². The van der Waals surface area contributed by atoms with Gasteiger partial charge in [-0.05, 0) is 24.6 Å². The molecular formula is C24H29N7O7S. The first kappa shape index (κ1) is 27.8. The maximum atomic E-state index is 11.4. The molecule has 1 aliphatic rings. The molecule has 0 saturated carbocycles. The van der Waals surface area contributed by atoms with Crippen LogP contribution in [0.3, 0.4) is 0 Å². The van der Waals surface area contributed by atoms with Gasteiger partial charge in [0.15, 0.2) is 22.8 Å². The number of nitrogens with one attached hydrogen (secondary N) is 1. The minimum absolute atomic E-state index is 0.168. The van der Waals surface area contributed by atoms with Crippen molar-refractivity contribution in [2.24, 2.45) is 5.16 Å². The van der Waals surface area contributed by atoms with Gasteiger partial charge in [0.25, 0.3) is 0 Å². The van der Waals surface area contributed by atoms with Crippen LogP contribution in [-0.4, -0.2) is 85.9 Å². The molecule has 1 aliphatic heterocycles. The van der Waals surface area contributed by atoms with Crippen molar-refractivity contribution in [2.45, 2.75) is 13.3 Å². The van der Waals surface area contributed by atoms with Crippen LogP contribution >= 0.6 is 11.3 Å². The van der Waals surface area contributed by atoms with Crippen LogP contribution in [0, 0.1) is 0 Å². The SMILES string of the molecule is CCOC(=O)C=NOc1cnc(Nc2nc(OCCc3ccc(OC)c(OC)c3)nc(N3CCOCC3)n2)s1. The van der Waals surface area contributed by atoms with E-state index in [1.54, 1.807) is 21.1 Å². The molecule has 39 heavy (non-hydrogen) atoms. The Morgan fingerprint density at radius 1 is 1.18 bits per heavy atom. The summed E-state index contributed by atoms with van der Waals surface area (Å²) in [7, 11) is 3.19. The Kier molecular flexibility index (Phi) is 10.0. The number of morpholine rings is 1. The van der Waals surface area contributed by atoms with Gasteiger partial charge in [0.05, 0.1) is 46.8 Å². The number of carbonyl (C=O) groups is 1. The monoisotopic (exact) mass is 559 g/mol. The van der Waals surface area contributed by atoms with E-state index in [1.807, 2.05) is 23.1 Å². The normalized spacial score (nSPS) is 13.3. The summed E-state index contributed by atoms with van der Waals surface area (Å²) in [5.41, 5.74) is 1.01. The van der Waals surface area contributed by atoms with E-state index in [1.165, 1.54) is 6.20 Å². The predicted octanol–water partition coefficient (Wildman–Crippen LogP) is 2.47. The Morgan fingerprint density at radius 3 is 2.77 bits per heavy atom. The van der Waals surface area contributed by atoms with Gasteiger partial charge in [-0.1, -0.05) is 22.6 Å². The van der Waals surface area contributed by atoms with Crippen molar-refractivity contribution in [2.75, 3.05) is 64.0 Å². The predicted molar refractivity (Wildman–Crippen MR) is 143 cm³/mol.